The van der Waals surface area contributed by atoms with Gasteiger partial charge in [0.25, 0.3) is 0 Å². The van der Waals surface area contributed by atoms with Gasteiger partial charge in [0, 0.05) is 31.0 Å². The zero-order valence-electron chi connectivity index (χ0n) is 8.74. The van der Waals surface area contributed by atoms with Crippen LogP contribution in [0, 0.1) is 0 Å². The standard InChI is InChI=1S/C11H15BrN2O/c1-14(11(15)5-6-13)8-9-3-2-4-10(12)7-9/h2-4,7H,5-6,8,13H2,1H3. The highest BCUT2D eigenvalue weighted by Crippen LogP contribution is 2.13. The molecule has 1 aromatic carbocycles. The lowest BCUT2D eigenvalue weighted by Gasteiger charge is -2.16. The second-order valence-corrected chi connectivity index (χ2v) is 4.33. The fourth-order valence-corrected chi connectivity index (χ4v) is 1.76. The zero-order chi connectivity index (χ0) is 11.3. The SMILES string of the molecule is CN(Cc1cccc(Br)c1)C(=O)CCN. The van der Waals surface area contributed by atoms with Crippen LogP contribution in [0.5, 0.6) is 0 Å². The van der Waals surface area contributed by atoms with Crippen molar-refractivity contribution in [2.75, 3.05) is 13.6 Å². The van der Waals surface area contributed by atoms with Crippen LogP contribution in [0.3, 0.4) is 0 Å². The largest absolute Gasteiger partial charge is 0.341 e. The molecule has 0 saturated carbocycles. The number of carbonyl (C=O) groups excluding carboxylic acids is 1. The van der Waals surface area contributed by atoms with E-state index in [4.69, 9.17) is 5.73 Å². The Morgan fingerprint density at radius 2 is 2.27 bits per heavy atom. The van der Waals surface area contributed by atoms with Crippen molar-refractivity contribution >= 4 is 21.8 Å². The fourth-order valence-electron chi connectivity index (χ4n) is 1.31. The lowest BCUT2D eigenvalue weighted by molar-refractivity contribution is -0.130. The van der Waals surface area contributed by atoms with E-state index in [9.17, 15) is 4.79 Å². The van der Waals surface area contributed by atoms with Crippen LogP contribution in [-0.4, -0.2) is 24.4 Å². The molecule has 82 valence electrons. The van der Waals surface area contributed by atoms with E-state index in [0.717, 1.165) is 10.0 Å². The van der Waals surface area contributed by atoms with Gasteiger partial charge >= 0.3 is 0 Å². The van der Waals surface area contributed by atoms with Crippen molar-refractivity contribution < 1.29 is 4.79 Å². The third-order valence-electron chi connectivity index (χ3n) is 2.09. The minimum atomic E-state index is 0.0810. The van der Waals surface area contributed by atoms with E-state index in [0.29, 0.717) is 19.5 Å². The molecule has 0 unspecified atom stereocenters. The molecule has 3 nitrogen and oxygen atoms in total. The first-order valence-corrected chi connectivity index (χ1v) is 5.61. The highest BCUT2D eigenvalue weighted by atomic mass is 79.9. The Bertz CT molecular complexity index is 341. The van der Waals surface area contributed by atoms with Crippen LogP contribution in [0.25, 0.3) is 0 Å². The number of amides is 1. The minimum Gasteiger partial charge on any atom is -0.341 e. The summed E-state index contributed by atoms with van der Waals surface area (Å²) in [6.07, 6.45) is 0.407. The number of rotatable bonds is 4. The summed E-state index contributed by atoms with van der Waals surface area (Å²) in [5.41, 5.74) is 6.44. The number of hydrogen-bond donors (Lipinski definition) is 1. The van der Waals surface area contributed by atoms with Crippen LogP contribution < -0.4 is 5.73 Å². The van der Waals surface area contributed by atoms with Gasteiger partial charge in [-0.3, -0.25) is 4.79 Å². The molecule has 4 heteroatoms. The van der Waals surface area contributed by atoms with E-state index in [1.54, 1.807) is 11.9 Å². The van der Waals surface area contributed by atoms with E-state index in [2.05, 4.69) is 15.9 Å². The third-order valence-corrected chi connectivity index (χ3v) is 2.59. The van der Waals surface area contributed by atoms with Gasteiger partial charge in [0.05, 0.1) is 0 Å². The quantitative estimate of drug-likeness (QED) is 0.907. The molecule has 0 aromatic heterocycles. The van der Waals surface area contributed by atoms with Gasteiger partial charge in [0.15, 0.2) is 0 Å². The third kappa shape index (κ3) is 4.01. The second kappa shape index (κ2) is 5.88. The molecule has 1 amide bonds. The monoisotopic (exact) mass is 270 g/mol. The highest BCUT2D eigenvalue weighted by molar-refractivity contribution is 9.10. The van der Waals surface area contributed by atoms with Crippen molar-refractivity contribution in [3.63, 3.8) is 0 Å². The van der Waals surface area contributed by atoms with Gasteiger partial charge in [0.1, 0.15) is 0 Å². The average Bonchev–Trinajstić information content (AvgIpc) is 2.18. The molecule has 0 heterocycles. The molecule has 1 rings (SSSR count). The Morgan fingerprint density at radius 3 is 2.87 bits per heavy atom. The zero-order valence-corrected chi connectivity index (χ0v) is 10.3. The van der Waals surface area contributed by atoms with Crippen molar-refractivity contribution in [2.45, 2.75) is 13.0 Å². The van der Waals surface area contributed by atoms with Crippen LogP contribution in [0.1, 0.15) is 12.0 Å². The number of nitrogens with zero attached hydrogens (tertiary/aromatic N) is 1. The Morgan fingerprint density at radius 1 is 1.53 bits per heavy atom. The van der Waals surface area contributed by atoms with Gasteiger partial charge < -0.3 is 10.6 Å². The summed E-state index contributed by atoms with van der Waals surface area (Å²) in [5.74, 6) is 0.0810. The Labute approximate surface area is 98.4 Å². The summed E-state index contributed by atoms with van der Waals surface area (Å²) >= 11 is 3.40. The van der Waals surface area contributed by atoms with Crippen molar-refractivity contribution in [3.05, 3.63) is 34.3 Å². The number of hydrogen-bond acceptors (Lipinski definition) is 2. The van der Waals surface area contributed by atoms with Crippen LogP contribution in [0.4, 0.5) is 0 Å². The van der Waals surface area contributed by atoms with Crippen molar-refractivity contribution in [3.8, 4) is 0 Å². The number of nitrogens with two attached hydrogens (primary N) is 1. The molecule has 0 fully saturated rings. The molecule has 0 aliphatic heterocycles. The van der Waals surface area contributed by atoms with E-state index in [1.807, 2.05) is 24.3 Å². The maximum atomic E-state index is 11.5. The molecule has 0 radical (unpaired) electrons. The molecule has 0 saturated heterocycles. The summed E-state index contributed by atoms with van der Waals surface area (Å²) in [6, 6.07) is 7.93. The molecule has 0 spiro atoms. The molecule has 0 bridgehead atoms. The summed E-state index contributed by atoms with van der Waals surface area (Å²) < 4.78 is 1.03. The van der Waals surface area contributed by atoms with Gasteiger partial charge in [-0.1, -0.05) is 28.1 Å². The van der Waals surface area contributed by atoms with Crippen molar-refractivity contribution in [1.82, 2.24) is 4.90 Å². The highest BCUT2D eigenvalue weighted by Gasteiger charge is 2.07. The lowest BCUT2D eigenvalue weighted by Crippen LogP contribution is -2.27. The predicted octanol–water partition coefficient (Wildman–Crippen LogP) is 1.76. The first-order chi connectivity index (χ1) is 7.13. The van der Waals surface area contributed by atoms with E-state index in [-0.39, 0.29) is 5.91 Å². The first kappa shape index (κ1) is 12.2. The number of benzene rings is 1. The smallest absolute Gasteiger partial charge is 0.223 e. The van der Waals surface area contributed by atoms with Gasteiger partial charge in [-0.15, -0.1) is 0 Å². The second-order valence-electron chi connectivity index (χ2n) is 3.42. The molecule has 2 N–H and O–H groups in total. The normalized spacial score (nSPS) is 10.1. The Balaban J connectivity index is 2.58. The summed E-state index contributed by atoms with van der Waals surface area (Å²) in [4.78, 5) is 13.2. The van der Waals surface area contributed by atoms with Crippen LogP contribution in [-0.2, 0) is 11.3 Å². The molecule has 0 atom stereocenters. The van der Waals surface area contributed by atoms with Gasteiger partial charge in [-0.2, -0.15) is 0 Å². The van der Waals surface area contributed by atoms with Crippen LogP contribution >= 0.6 is 15.9 Å². The predicted molar refractivity (Wildman–Crippen MR) is 64.3 cm³/mol. The topological polar surface area (TPSA) is 46.3 Å². The molecule has 0 aliphatic carbocycles. The lowest BCUT2D eigenvalue weighted by atomic mass is 10.2. The maximum absolute atomic E-state index is 11.5. The average molecular weight is 271 g/mol. The van der Waals surface area contributed by atoms with Crippen molar-refractivity contribution in [2.24, 2.45) is 5.73 Å². The summed E-state index contributed by atoms with van der Waals surface area (Å²) in [7, 11) is 1.79. The van der Waals surface area contributed by atoms with Crippen LogP contribution in [0.2, 0.25) is 0 Å². The maximum Gasteiger partial charge on any atom is 0.223 e. The summed E-state index contributed by atoms with van der Waals surface area (Å²) in [6.45, 7) is 1.03. The van der Waals surface area contributed by atoms with E-state index >= 15 is 0 Å². The van der Waals surface area contributed by atoms with Crippen LogP contribution in [0.15, 0.2) is 28.7 Å². The molecular weight excluding hydrogens is 256 g/mol. The molecule has 0 aliphatic rings. The minimum absolute atomic E-state index is 0.0810. The van der Waals surface area contributed by atoms with E-state index in [1.165, 1.54) is 0 Å². The fraction of sp³-hybridized carbons (Fsp3) is 0.364. The summed E-state index contributed by atoms with van der Waals surface area (Å²) in [5, 5.41) is 0. The Kier molecular flexibility index (Phi) is 4.78. The first-order valence-electron chi connectivity index (χ1n) is 4.82. The molecular formula is C11H15BrN2O. The number of carbonyl (C=O) groups is 1. The van der Waals surface area contributed by atoms with Gasteiger partial charge in [-0.05, 0) is 17.7 Å². The molecule has 15 heavy (non-hydrogen) atoms. The number of halogens is 1. The van der Waals surface area contributed by atoms with Gasteiger partial charge in [-0.25, -0.2) is 0 Å². The Hall–Kier alpha value is -0.870. The van der Waals surface area contributed by atoms with Gasteiger partial charge in [0.2, 0.25) is 5.91 Å². The molecule has 1 aromatic rings. The van der Waals surface area contributed by atoms with E-state index < -0.39 is 0 Å². The van der Waals surface area contributed by atoms with Crippen molar-refractivity contribution in [1.29, 1.82) is 0 Å².